The molecule has 0 aliphatic carbocycles. The fourth-order valence-electron chi connectivity index (χ4n) is 3.70. The van der Waals surface area contributed by atoms with E-state index >= 15 is 0 Å². The summed E-state index contributed by atoms with van der Waals surface area (Å²) in [6.07, 6.45) is 0. The van der Waals surface area contributed by atoms with Crippen LogP contribution in [0.3, 0.4) is 0 Å². The summed E-state index contributed by atoms with van der Waals surface area (Å²) in [5.74, 6) is 0.332. The molecule has 0 atom stereocenters. The number of H-pyrrole nitrogens is 1. The second-order valence-corrected chi connectivity index (χ2v) is 7.68. The third kappa shape index (κ3) is 4.47. The van der Waals surface area contributed by atoms with E-state index in [0.29, 0.717) is 33.8 Å². The van der Waals surface area contributed by atoms with Gasteiger partial charge in [-0.25, -0.2) is 14.2 Å². The molecule has 0 unspecified atom stereocenters. The Balaban J connectivity index is 1.36. The molecular weight excluding hydrogens is 429 g/mol. The number of aromatic nitrogens is 2. The van der Waals surface area contributed by atoms with E-state index in [0.717, 1.165) is 16.7 Å². The number of benzene rings is 4. The molecule has 0 bridgehead atoms. The number of carbonyl (C=O) groups excluding carboxylic acids is 1. The van der Waals surface area contributed by atoms with E-state index in [1.165, 1.54) is 12.1 Å². The van der Waals surface area contributed by atoms with Crippen LogP contribution in [0.1, 0.15) is 5.56 Å². The molecule has 5 aromatic rings. The summed E-state index contributed by atoms with van der Waals surface area (Å²) in [5.41, 5.74) is 5.67. The first kappa shape index (κ1) is 20.9. The minimum Gasteiger partial charge on any atom is -0.338 e. The Hall–Kier alpha value is -4.96. The number of amides is 2. The molecule has 3 N–H and O–H groups in total. The molecular formula is C27H18FN5O. The number of nitrogens with one attached hydrogen (secondary N) is 3. The molecule has 2 amide bonds. The minimum atomic E-state index is -0.407. The number of halogens is 1. The van der Waals surface area contributed by atoms with Gasteiger partial charge in [0.25, 0.3) is 0 Å². The summed E-state index contributed by atoms with van der Waals surface area (Å²) in [7, 11) is 0. The Morgan fingerprint density at radius 2 is 1.50 bits per heavy atom. The standard InChI is InChI=1S/C27H18FN5O/c28-21-10-11-24-25(15-21)33-26(32-24)20-7-2-5-18(13-20)19-6-3-9-23(14-19)31-27(34)30-22-8-1-4-17(12-22)16-29/h1-15H,(H,32,33)(H2,30,31,34). The summed E-state index contributed by atoms with van der Waals surface area (Å²) in [6.45, 7) is 0. The lowest BCUT2D eigenvalue weighted by Crippen LogP contribution is -2.19. The maximum Gasteiger partial charge on any atom is 0.323 e. The first-order valence-corrected chi connectivity index (χ1v) is 10.5. The van der Waals surface area contributed by atoms with E-state index < -0.39 is 6.03 Å². The van der Waals surface area contributed by atoms with Crippen molar-refractivity contribution in [1.82, 2.24) is 9.97 Å². The zero-order valence-electron chi connectivity index (χ0n) is 17.8. The smallest absolute Gasteiger partial charge is 0.323 e. The summed E-state index contributed by atoms with van der Waals surface area (Å²) in [5, 5.41) is 14.6. The van der Waals surface area contributed by atoms with Gasteiger partial charge in [-0.05, 0) is 65.7 Å². The number of nitrogens with zero attached hydrogens (tertiary/aromatic N) is 2. The van der Waals surface area contributed by atoms with E-state index in [2.05, 4.69) is 20.6 Å². The number of nitriles is 1. The SMILES string of the molecule is N#Cc1cccc(NC(=O)Nc2cccc(-c3cccc(-c4nc5ccc(F)cc5[nH]4)c3)c2)c1. The molecule has 6 nitrogen and oxygen atoms in total. The molecule has 0 saturated heterocycles. The fourth-order valence-corrected chi connectivity index (χ4v) is 3.70. The molecule has 0 saturated carbocycles. The van der Waals surface area contributed by atoms with Crippen molar-refractivity contribution in [2.45, 2.75) is 0 Å². The number of hydrogen-bond acceptors (Lipinski definition) is 3. The highest BCUT2D eigenvalue weighted by atomic mass is 19.1. The Labute approximate surface area is 194 Å². The summed E-state index contributed by atoms with van der Waals surface area (Å²) < 4.78 is 13.5. The van der Waals surface area contributed by atoms with Crippen molar-refractivity contribution in [1.29, 1.82) is 5.26 Å². The van der Waals surface area contributed by atoms with Crippen molar-refractivity contribution >= 4 is 28.4 Å². The normalized spacial score (nSPS) is 10.6. The van der Waals surface area contributed by atoms with E-state index in [1.54, 1.807) is 36.4 Å². The van der Waals surface area contributed by atoms with Crippen molar-refractivity contribution in [2.75, 3.05) is 10.6 Å². The number of fused-ring (bicyclic) bond motifs is 1. The number of aromatic amines is 1. The van der Waals surface area contributed by atoms with Gasteiger partial charge in [0.1, 0.15) is 11.6 Å². The topological polar surface area (TPSA) is 93.6 Å². The van der Waals surface area contributed by atoms with Crippen LogP contribution in [0.5, 0.6) is 0 Å². The van der Waals surface area contributed by atoms with Crippen LogP contribution in [0.25, 0.3) is 33.5 Å². The van der Waals surface area contributed by atoms with E-state index in [9.17, 15) is 9.18 Å². The lowest BCUT2D eigenvalue weighted by Gasteiger charge is -2.10. The quantitative estimate of drug-likeness (QED) is 0.291. The maximum atomic E-state index is 13.5. The predicted molar refractivity (Wildman–Crippen MR) is 131 cm³/mol. The largest absolute Gasteiger partial charge is 0.338 e. The minimum absolute atomic E-state index is 0.317. The lowest BCUT2D eigenvalue weighted by atomic mass is 10.0. The van der Waals surface area contributed by atoms with Gasteiger partial charge in [-0.2, -0.15) is 5.26 Å². The average Bonchev–Trinajstić information content (AvgIpc) is 3.28. The average molecular weight is 447 g/mol. The van der Waals surface area contributed by atoms with Crippen molar-refractivity contribution in [3.8, 4) is 28.6 Å². The molecule has 5 rings (SSSR count). The number of carbonyl (C=O) groups is 1. The first-order valence-electron chi connectivity index (χ1n) is 10.5. The Morgan fingerprint density at radius 1 is 0.824 bits per heavy atom. The molecule has 0 radical (unpaired) electrons. The van der Waals surface area contributed by atoms with Gasteiger partial charge >= 0.3 is 6.03 Å². The molecule has 0 aliphatic rings. The van der Waals surface area contributed by atoms with Gasteiger partial charge < -0.3 is 15.6 Å². The number of rotatable bonds is 4. The maximum absolute atomic E-state index is 13.5. The third-order valence-electron chi connectivity index (χ3n) is 5.28. The van der Waals surface area contributed by atoms with E-state index in [4.69, 9.17) is 5.26 Å². The molecule has 7 heteroatoms. The summed E-state index contributed by atoms with van der Waals surface area (Å²) in [4.78, 5) is 20.2. The van der Waals surface area contributed by atoms with Gasteiger partial charge in [0, 0.05) is 16.9 Å². The van der Waals surface area contributed by atoms with Crippen LogP contribution in [0.4, 0.5) is 20.6 Å². The van der Waals surface area contributed by atoms with E-state index in [-0.39, 0.29) is 5.82 Å². The highest BCUT2D eigenvalue weighted by Crippen LogP contribution is 2.28. The second-order valence-electron chi connectivity index (χ2n) is 7.68. The van der Waals surface area contributed by atoms with Crippen LogP contribution >= 0.6 is 0 Å². The zero-order valence-corrected chi connectivity index (χ0v) is 17.8. The molecule has 0 aliphatic heterocycles. The molecule has 0 spiro atoms. The molecule has 0 fully saturated rings. The van der Waals surface area contributed by atoms with Crippen LogP contribution in [0.15, 0.2) is 91.0 Å². The monoisotopic (exact) mass is 447 g/mol. The van der Waals surface area contributed by atoms with Gasteiger partial charge in [0.2, 0.25) is 0 Å². The van der Waals surface area contributed by atoms with Gasteiger partial charge in [0.15, 0.2) is 0 Å². The van der Waals surface area contributed by atoms with Crippen molar-refractivity contribution < 1.29 is 9.18 Å². The molecule has 34 heavy (non-hydrogen) atoms. The Morgan fingerprint density at radius 3 is 2.29 bits per heavy atom. The van der Waals surface area contributed by atoms with Crippen LogP contribution in [0.2, 0.25) is 0 Å². The lowest BCUT2D eigenvalue weighted by molar-refractivity contribution is 0.262. The van der Waals surface area contributed by atoms with Crippen LogP contribution < -0.4 is 10.6 Å². The van der Waals surface area contributed by atoms with Crippen molar-refractivity contribution in [3.05, 3.63) is 102 Å². The van der Waals surface area contributed by atoms with Gasteiger partial charge in [-0.1, -0.05) is 36.4 Å². The summed E-state index contributed by atoms with van der Waals surface area (Å²) >= 11 is 0. The Kier molecular flexibility index (Phi) is 5.46. The summed E-state index contributed by atoms with van der Waals surface area (Å²) in [6, 6.07) is 28.1. The van der Waals surface area contributed by atoms with Gasteiger partial charge in [0.05, 0.1) is 22.7 Å². The van der Waals surface area contributed by atoms with Gasteiger partial charge in [-0.15, -0.1) is 0 Å². The number of anilines is 2. The number of hydrogen-bond donors (Lipinski definition) is 3. The first-order chi connectivity index (χ1) is 16.6. The van der Waals surface area contributed by atoms with Crippen LogP contribution in [-0.4, -0.2) is 16.0 Å². The highest BCUT2D eigenvalue weighted by Gasteiger charge is 2.09. The fraction of sp³-hybridized carbons (Fsp3) is 0. The van der Waals surface area contributed by atoms with Crippen molar-refractivity contribution in [3.63, 3.8) is 0 Å². The predicted octanol–water partition coefficient (Wildman–Crippen LogP) is 6.55. The molecule has 1 heterocycles. The number of imidazole rings is 1. The third-order valence-corrected chi connectivity index (χ3v) is 5.28. The van der Waals surface area contributed by atoms with Gasteiger partial charge in [-0.3, -0.25) is 0 Å². The Bertz CT molecular complexity index is 1570. The second kappa shape index (κ2) is 8.88. The van der Waals surface area contributed by atoms with Crippen molar-refractivity contribution in [2.24, 2.45) is 0 Å². The zero-order chi connectivity index (χ0) is 23.5. The molecule has 164 valence electrons. The van der Waals surface area contributed by atoms with Crippen LogP contribution in [-0.2, 0) is 0 Å². The molecule has 1 aromatic heterocycles. The van der Waals surface area contributed by atoms with Crippen LogP contribution in [0, 0.1) is 17.1 Å². The molecule has 4 aromatic carbocycles. The van der Waals surface area contributed by atoms with E-state index in [1.807, 2.05) is 48.5 Å². The highest BCUT2D eigenvalue weighted by molar-refractivity contribution is 6.00. The number of urea groups is 1.